The number of hydrogen-bond acceptors (Lipinski definition) is 9. The number of esters is 2. The first-order valence-corrected chi connectivity index (χ1v) is 11.9. The molecule has 0 saturated carbocycles. The van der Waals surface area contributed by atoms with Crippen molar-refractivity contribution in [3.8, 4) is 11.5 Å². The summed E-state index contributed by atoms with van der Waals surface area (Å²) in [6.45, 7) is 5.29. The predicted octanol–water partition coefficient (Wildman–Crippen LogP) is 3.47. The molecule has 0 bridgehead atoms. The Labute approximate surface area is 203 Å². The SMILES string of the molecule is C=CC(=O)OCC(COc1ccccc1)OP(=O)(O)OC(COC(=O)C=C)COc1ccccc1. The van der Waals surface area contributed by atoms with Crippen molar-refractivity contribution < 1.29 is 47.0 Å². The molecule has 0 heterocycles. The number of para-hydroxylation sites is 2. The van der Waals surface area contributed by atoms with Crippen molar-refractivity contribution in [2.24, 2.45) is 0 Å². The molecule has 2 rings (SSSR count). The third-order valence-electron chi connectivity index (χ3n) is 4.08. The van der Waals surface area contributed by atoms with E-state index in [2.05, 4.69) is 13.2 Å². The Hall–Kier alpha value is -3.43. The van der Waals surface area contributed by atoms with Gasteiger partial charge in [-0.25, -0.2) is 14.2 Å². The van der Waals surface area contributed by atoms with Crippen molar-refractivity contribution in [3.05, 3.63) is 86.0 Å². The van der Waals surface area contributed by atoms with Crippen molar-refractivity contribution in [1.29, 1.82) is 0 Å². The fourth-order valence-electron chi connectivity index (χ4n) is 2.50. The van der Waals surface area contributed by atoms with Crippen LogP contribution in [0.1, 0.15) is 0 Å². The molecule has 188 valence electrons. The fraction of sp³-hybridized carbons (Fsp3) is 0.250. The summed E-state index contributed by atoms with van der Waals surface area (Å²) in [6, 6.07) is 17.2. The van der Waals surface area contributed by atoms with Gasteiger partial charge in [-0.05, 0) is 24.3 Å². The second-order valence-corrected chi connectivity index (χ2v) is 8.20. The number of carbonyl (C=O) groups is 2. The standard InChI is InChI=1S/C24H27O10P/c1-3-23(25)31-17-21(15-29-19-11-7-5-8-12-19)33-35(27,28)34-22(18-32-24(26)4-2)16-30-20-13-9-6-10-14-20/h3-14,21-22H,1-2,15-18H2,(H,27,28). The second-order valence-electron chi connectivity index (χ2n) is 6.84. The maximum absolute atomic E-state index is 12.8. The van der Waals surface area contributed by atoms with Gasteiger partial charge in [0.05, 0.1) is 0 Å². The summed E-state index contributed by atoms with van der Waals surface area (Å²) < 4.78 is 44.1. The highest BCUT2D eigenvalue weighted by atomic mass is 31.2. The lowest BCUT2D eigenvalue weighted by molar-refractivity contribution is -0.141. The van der Waals surface area contributed by atoms with Crippen molar-refractivity contribution >= 4 is 19.8 Å². The Balaban J connectivity index is 2.05. The van der Waals surface area contributed by atoms with Gasteiger partial charge in [0.2, 0.25) is 0 Å². The summed E-state index contributed by atoms with van der Waals surface area (Å²) in [7, 11) is -4.78. The molecule has 0 aliphatic rings. The van der Waals surface area contributed by atoms with Crippen LogP contribution < -0.4 is 9.47 Å². The molecule has 0 aromatic heterocycles. The zero-order valence-corrected chi connectivity index (χ0v) is 19.8. The summed E-state index contributed by atoms with van der Waals surface area (Å²) in [4.78, 5) is 33.3. The monoisotopic (exact) mass is 506 g/mol. The van der Waals surface area contributed by atoms with Gasteiger partial charge in [-0.3, -0.25) is 9.05 Å². The van der Waals surface area contributed by atoms with Crippen LogP contribution >= 0.6 is 7.82 Å². The molecule has 0 spiro atoms. The van der Waals surface area contributed by atoms with Gasteiger partial charge >= 0.3 is 19.8 Å². The van der Waals surface area contributed by atoms with E-state index in [0.717, 1.165) is 12.2 Å². The van der Waals surface area contributed by atoms with E-state index in [-0.39, 0.29) is 13.2 Å². The highest BCUT2D eigenvalue weighted by molar-refractivity contribution is 7.47. The van der Waals surface area contributed by atoms with Crippen molar-refractivity contribution in [3.63, 3.8) is 0 Å². The molecule has 10 nitrogen and oxygen atoms in total. The molecule has 0 aliphatic heterocycles. The number of phosphoric ester groups is 1. The normalized spacial score (nSPS) is 14.0. The Morgan fingerprint density at radius 3 is 1.46 bits per heavy atom. The molecule has 0 aliphatic carbocycles. The van der Waals surface area contributed by atoms with Crippen LogP contribution in [0.3, 0.4) is 0 Å². The molecular formula is C24H27O10P. The molecule has 2 unspecified atom stereocenters. The zero-order chi connectivity index (χ0) is 25.5. The highest BCUT2D eigenvalue weighted by Gasteiger charge is 2.32. The Morgan fingerprint density at radius 1 is 0.743 bits per heavy atom. The van der Waals surface area contributed by atoms with Crippen LogP contribution in [0.2, 0.25) is 0 Å². The average Bonchev–Trinajstić information content (AvgIpc) is 2.87. The average molecular weight is 506 g/mol. The molecule has 1 N–H and O–H groups in total. The van der Waals surface area contributed by atoms with Crippen LogP contribution in [0, 0.1) is 0 Å². The van der Waals surface area contributed by atoms with Crippen LogP contribution in [0.15, 0.2) is 86.0 Å². The fourth-order valence-corrected chi connectivity index (χ4v) is 3.55. The summed E-state index contributed by atoms with van der Waals surface area (Å²) in [5.41, 5.74) is 0. The topological polar surface area (TPSA) is 127 Å². The molecule has 0 fully saturated rings. The minimum atomic E-state index is -4.78. The van der Waals surface area contributed by atoms with E-state index >= 15 is 0 Å². The number of ether oxygens (including phenoxy) is 4. The molecule has 2 aromatic carbocycles. The van der Waals surface area contributed by atoms with Gasteiger partial charge in [0, 0.05) is 12.2 Å². The summed E-state index contributed by atoms with van der Waals surface area (Å²) in [6.07, 6.45) is -0.480. The van der Waals surface area contributed by atoms with E-state index in [4.69, 9.17) is 28.0 Å². The zero-order valence-electron chi connectivity index (χ0n) is 18.9. The van der Waals surface area contributed by atoms with Crippen LogP contribution in [0.25, 0.3) is 0 Å². The Morgan fingerprint density at radius 2 is 1.11 bits per heavy atom. The van der Waals surface area contributed by atoms with E-state index in [1.165, 1.54) is 0 Å². The molecule has 2 atom stereocenters. The minimum Gasteiger partial charge on any atom is -0.491 e. The van der Waals surface area contributed by atoms with Gasteiger partial charge < -0.3 is 23.8 Å². The lowest BCUT2D eigenvalue weighted by Crippen LogP contribution is -2.31. The first-order chi connectivity index (χ1) is 16.8. The maximum Gasteiger partial charge on any atom is 0.473 e. The number of carbonyl (C=O) groups excluding carboxylic acids is 2. The van der Waals surface area contributed by atoms with E-state index in [1.54, 1.807) is 60.7 Å². The quantitative estimate of drug-likeness (QED) is 0.205. The third-order valence-corrected chi connectivity index (χ3v) is 5.21. The first-order valence-electron chi connectivity index (χ1n) is 10.4. The second kappa shape index (κ2) is 14.7. The summed E-state index contributed by atoms with van der Waals surface area (Å²) >= 11 is 0. The van der Waals surface area contributed by atoms with Crippen LogP contribution in [-0.4, -0.2) is 55.5 Å². The minimum absolute atomic E-state index is 0.237. The lowest BCUT2D eigenvalue weighted by Gasteiger charge is -2.24. The van der Waals surface area contributed by atoms with E-state index < -0.39 is 45.2 Å². The van der Waals surface area contributed by atoms with Crippen molar-refractivity contribution in [1.82, 2.24) is 0 Å². The highest BCUT2D eigenvalue weighted by Crippen LogP contribution is 2.46. The number of rotatable bonds is 16. The van der Waals surface area contributed by atoms with Crippen molar-refractivity contribution in [2.75, 3.05) is 26.4 Å². The lowest BCUT2D eigenvalue weighted by atomic mass is 10.3. The molecule has 0 radical (unpaired) electrons. The van der Waals surface area contributed by atoms with E-state index in [0.29, 0.717) is 11.5 Å². The van der Waals surface area contributed by atoms with E-state index in [9.17, 15) is 19.0 Å². The molecule has 11 heteroatoms. The molecule has 2 aromatic rings. The van der Waals surface area contributed by atoms with Gasteiger partial charge in [-0.1, -0.05) is 49.6 Å². The van der Waals surface area contributed by atoms with E-state index in [1.807, 2.05) is 0 Å². The van der Waals surface area contributed by atoms with Gasteiger partial charge in [0.1, 0.15) is 50.1 Å². The van der Waals surface area contributed by atoms with Crippen LogP contribution in [0.5, 0.6) is 11.5 Å². The number of benzene rings is 2. The van der Waals surface area contributed by atoms with Gasteiger partial charge in [-0.2, -0.15) is 0 Å². The maximum atomic E-state index is 12.8. The number of phosphoric acid groups is 1. The van der Waals surface area contributed by atoms with Gasteiger partial charge in [0.15, 0.2) is 0 Å². The predicted molar refractivity (Wildman–Crippen MR) is 126 cm³/mol. The third kappa shape index (κ3) is 11.5. The first kappa shape index (κ1) is 27.8. The largest absolute Gasteiger partial charge is 0.491 e. The molecule has 0 amide bonds. The summed E-state index contributed by atoms with van der Waals surface area (Å²) in [5.74, 6) is -0.569. The molecular weight excluding hydrogens is 479 g/mol. The van der Waals surface area contributed by atoms with Gasteiger partial charge in [-0.15, -0.1) is 0 Å². The van der Waals surface area contributed by atoms with Crippen LogP contribution in [-0.2, 0) is 32.7 Å². The van der Waals surface area contributed by atoms with Gasteiger partial charge in [0.25, 0.3) is 0 Å². The smallest absolute Gasteiger partial charge is 0.473 e. The Kier molecular flexibility index (Phi) is 11.7. The van der Waals surface area contributed by atoms with Crippen molar-refractivity contribution in [2.45, 2.75) is 12.2 Å². The molecule has 0 saturated heterocycles. The molecule has 35 heavy (non-hydrogen) atoms. The Bertz CT molecular complexity index is 918. The number of hydrogen-bond donors (Lipinski definition) is 1. The van der Waals surface area contributed by atoms with Crippen LogP contribution in [0.4, 0.5) is 0 Å². The summed E-state index contributed by atoms with van der Waals surface area (Å²) in [5, 5.41) is 0.